The van der Waals surface area contributed by atoms with Crippen molar-refractivity contribution in [1.82, 2.24) is 20.4 Å². The summed E-state index contributed by atoms with van der Waals surface area (Å²) >= 11 is 0. The molecular formula is C19H23FN4O2. The Bertz CT molecular complexity index is 751. The van der Waals surface area contributed by atoms with Gasteiger partial charge in [0.25, 0.3) is 5.91 Å². The first-order valence-corrected chi connectivity index (χ1v) is 9.11. The van der Waals surface area contributed by atoms with Gasteiger partial charge in [0.2, 0.25) is 0 Å². The number of rotatable bonds is 6. The van der Waals surface area contributed by atoms with Gasteiger partial charge >= 0.3 is 0 Å². The molecule has 26 heavy (non-hydrogen) atoms. The van der Waals surface area contributed by atoms with Crippen LogP contribution in [0.1, 0.15) is 46.5 Å². The number of nitrogens with zero attached hydrogens (tertiary/aromatic N) is 2. The average Bonchev–Trinajstić information content (AvgIpc) is 3.40. The van der Waals surface area contributed by atoms with Crippen LogP contribution in [0, 0.1) is 5.82 Å². The smallest absolute Gasteiger partial charge is 0.271 e. The maximum atomic E-state index is 13.3. The maximum Gasteiger partial charge on any atom is 0.271 e. The van der Waals surface area contributed by atoms with Gasteiger partial charge in [-0.25, -0.2) is 4.39 Å². The van der Waals surface area contributed by atoms with Gasteiger partial charge in [0.05, 0.1) is 19.3 Å². The van der Waals surface area contributed by atoms with E-state index in [1.807, 2.05) is 6.07 Å². The minimum atomic E-state index is -0.261. The van der Waals surface area contributed by atoms with E-state index in [9.17, 15) is 9.18 Å². The fourth-order valence-electron chi connectivity index (χ4n) is 3.37. The molecule has 2 N–H and O–H groups in total. The van der Waals surface area contributed by atoms with Gasteiger partial charge in [0.1, 0.15) is 11.5 Å². The first-order valence-electron chi connectivity index (χ1n) is 9.11. The van der Waals surface area contributed by atoms with Crippen molar-refractivity contribution < 1.29 is 13.9 Å². The Morgan fingerprint density at radius 1 is 1.31 bits per heavy atom. The zero-order valence-corrected chi connectivity index (χ0v) is 14.6. The predicted octanol–water partition coefficient (Wildman–Crippen LogP) is 2.23. The quantitative estimate of drug-likeness (QED) is 0.831. The predicted molar refractivity (Wildman–Crippen MR) is 94.4 cm³/mol. The highest BCUT2D eigenvalue weighted by molar-refractivity contribution is 5.92. The van der Waals surface area contributed by atoms with Crippen molar-refractivity contribution in [3.8, 4) is 0 Å². The highest BCUT2D eigenvalue weighted by Gasteiger charge is 2.27. The van der Waals surface area contributed by atoms with Crippen molar-refractivity contribution in [3.05, 3.63) is 53.1 Å². The van der Waals surface area contributed by atoms with E-state index in [-0.39, 0.29) is 17.8 Å². The molecule has 2 fully saturated rings. The molecule has 1 saturated heterocycles. The molecule has 0 radical (unpaired) electrons. The fraction of sp³-hybridized carbons (Fsp3) is 0.474. The minimum Gasteiger partial charge on any atom is -0.379 e. The molecule has 0 bridgehead atoms. The summed E-state index contributed by atoms with van der Waals surface area (Å²) in [5.41, 5.74) is 2.44. The second kappa shape index (κ2) is 7.55. The van der Waals surface area contributed by atoms with Crippen molar-refractivity contribution in [3.63, 3.8) is 0 Å². The summed E-state index contributed by atoms with van der Waals surface area (Å²) in [4.78, 5) is 14.7. The van der Waals surface area contributed by atoms with E-state index in [1.165, 1.54) is 12.1 Å². The molecule has 1 amide bonds. The zero-order valence-electron chi connectivity index (χ0n) is 14.6. The summed E-state index contributed by atoms with van der Waals surface area (Å²) in [6.45, 7) is 3.33. The van der Waals surface area contributed by atoms with Crippen LogP contribution < -0.4 is 5.32 Å². The number of benzene rings is 1. The summed E-state index contributed by atoms with van der Waals surface area (Å²) in [7, 11) is 0. The molecule has 2 aliphatic rings. The van der Waals surface area contributed by atoms with Crippen molar-refractivity contribution in [2.45, 2.75) is 24.8 Å². The number of H-pyrrole nitrogens is 1. The van der Waals surface area contributed by atoms with Crippen molar-refractivity contribution >= 4 is 5.91 Å². The van der Waals surface area contributed by atoms with Crippen LogP contribution in [-0.4, -0.2) is 53.9 Å². The van der Waals surface area contributed by atoms with Gasteiger partial charge in [0.15, 0.2) is 0 Å². The highest BCUT2D eigenvalue weighted by Crippen LogP contribution is 2.39. The summed E-state index contributed by atoms with van der Waals surface area (Å²) in [6, 6.07) is 8.29. The Morgan fingerprint density at radius 3 is 2.73 bits per heavy atom. The number of morpholine rings is 1. The van der Waals surface area contributed by atoms with Gasteiger partial charge in [-0.05, 0) is 36.6 Å². The topological polar surface area (TPSA) is 70.2 Å². The molecule has 1 aromatic heterocycles. The summed E-state index contributed by atoms with van der Waals surface area (Å²) in [5, 5.41) is 10.1. The van der Waals surface area contributed by atoms with Crippen LogP contribution in [0.4, 0.5) is 4.39 Å². The van der Waals surface area contributed by atoms with Gasteiger partial charge in [-0.1, -0.05) is 12.1 Å². The fourth-order valence-corrected chi connectivity index (χ4v) is 3.37. The molecule has 7 heteroatoms. The molecule has 1 aliphatic carbocycles. The van der Waals surface area contributed by atoms with Gasteiger partial charge in [0, 0.05) is 31.2 Å². The van der Waals surface area contributed by atoms with Gasteiger partial charge in [-0.3, -0.25) is 14.8 Å². The minimum absolute atomic E-state index is 0.0229. The molecule has 4 rings (SSSR count). The Labute approximate surface area is 151 Å². The molecule has 6 nitrogen and oxygen atoms in total. The molecular weight excluding hydrogens is 335 g/mol. The molecule has 1 unspecified atom stereocenters. The Hall–Kier alpha value is -2.25. The van der Waals surface area contributed by atoms with Crippen LogP contribution >= 0.6 is 0 Å². The summed E-state index contributed by atoms with van der Waals surface area (Å²) < 4.78 is 18.7. The Balaban J connectivity index is 1.44. The van der Waals surface area contributed by atoms with E-state index >= 15 is 0 Å². The lowest BCUT2D eigenvalue weighted by molar-refractivity contribution is 0.0162. The number of aromatic nitrogens is 2. The number of aromatic amines is 1. The number of amides is 1. The van der Waals surface area contributed by atoms with E-state index in [4.69, 9.17) is 4.74 Å². The van der Waals surface area contributed by atoms with Crippen molar-refractivity contribution in [2.24, 2.45) is 0 Å². The normalized spacial score (nSPS) is 19.3. The van der Waals surface area contributed by atoms with Crippen molar-refractivity contribution in [2.75, 3.05) is 32.8 Å². The maximum absolute atomic E-state index is 13.3. The molecule has 2 heterocycles. The number of halogens is 1. The van der Waals surface area contributed by atoms with E-state index in [2.05, 4.69) is 20.4 Å². The Kier molecular flexibility index (Phi) is 4.99. The number of nitrogens with one attached hydrogen (secondary N) is 2. The highest BCUT2D eigenvalue weighted by atomic mass is 19.1. The van der Waals surface area contributed by atoms with Crippen LogP contribution in [-0.2, 0) is 4.74 Å². The van der Waals surface area contributed by atoms with Crippen LogP contribution in [0.5, 0.6) is 0 Å². The van der Waals surface area contributed by atoms with Crippen LogP contribution in [0.3, 0.4) is 0 Å². The lowest BCUT2D eigenvalue weighted by atomic mass is 10.0. The van der Waals surface area contributed by atoms with Crippen LogP contribution in [0.15, 0.2) is 30.3 Å². The molecule has 1 aliphatic heterocycles. The molecule has 2 aromatic rings. The van der Waals surface area contributed by atoms with Gasteiger partial charge < -0.3 is 10.1 Å². The van der Waals surface area contributed by atoms with E-state index in [0.29, 0.717) is 31.4 Å². The lowest BCUT2D eigenvalue weighted by Gasteiger charge is -2.34. The number of hydrogen-bond acceptors (Lipinski definition) is 4. The standard InChI is InChI=1S/C19H23FN4O2/c20-15-5-3-14(4-6-15)18(24-7-9-26-10-8-24)12-21-19(25)17-11-16(22-23-17)13-1-2-13/h3-6,11,13,18H,1-2,7-10,12H2,(H,21,25)(H,22,23). The third-order valence-electron chi connectivity index (χ3n) is 5.04. The first-order chi connectivity index (χ1) is 12.7. The van der Waals surface area contributed by atoms with Gasteiger partial charge in [-0.15, -0.1) is 0 Å². The second-order valence-corrected chi connectivity index (χ2v) is 6.91. The number of carbonyl (C=O) groups excluding carboxylic acids is 1. The molecule has 138 valence electrons. The number of ether oxygens (including phenoxy) is 1. The summed E-state index contributed by atoms with van der Waals surface area (Å²) in [6.07, 6.45) is 2.32. The van der Waals surface area contributed by atoms with E-state index < -0.39 is 0 Å². The average molecular weight is 358 g/mol. The number of hydrogen-bond donors (Lipinski definition) is 2. The Morgan fingerprint density at radius 2 is 2.04 bits per heavy atom. The monoisotopic (exact) mass is 358 g/mol. The zero-order chi connectivity index (χ0) is 17.9. The number of carbonyl (C=O) groups is 1. The molecule has 0 spiro atoms. The van der Waals surface area contributed by atoms with Crippen molar-refractivity contribution in [1.29, 1.82) is 0 Å². The molecule has 1 atom stereocenters. The second-order valence-electron chi connectivity index (χ2n) is 6.91. The lowest BCUT2D eigenvalue weighted by Crippen LogP contribution is -2.43. The first kappa shape index (κ1) is 17.2. The molecule has 1 aromatic carbocycles. The third-order valence-corrected chi connectivity index (χ3v) is 5.04. The third kappa shape index (κ3) is 3.94. The van der Waals surface area contributed by atoms with E-state index in [0.717, 1.165) is 37.2 Å². The van der Waals surface area contributed by atoms with Crippen LogP contribution in [0.2, 0.25) is 0 Å². The van der Waals surface area contributed by atoms with Crippen LogP contribution in [0.25, 0.3) is 0 Å². The molecule has 1 saturated carbocycles. The SMILES string of the molecule is O=C(NCC(c1ccc(F)cc1)N1CCOCC1)c1cc(C2CC2)[nH]n1. The van der Waals surface area contributed by atoms with Gasteiger partial charge in [-0.2, -0.15) is 5.10 Å². The van der Waals surface area contributed by atoms with E-state index in [1.54, 1.807) is 12.1 Å². The largest absolute Gasteiger partial charge is 0.379 e. The summed E-state index contributed by atoms with van der Waals surface area (Å²) in [5.74, 6) is 0.0838.